The normalized spacial score (nSPS) is 22.0. The fraction of sp³-hybridized carbons (Fsp3) is 0.611. The van der Waals surface area contributed by atoms with Crippen molar-refractivity contribution < 1.29 is 4.79 Å². The van der Waals surface area contributed by atoms with Crippen LogP contribution in [0.2, 0.25) is 0 Å². The van der Waals surface area contributed by atoms with Crippen LogP contribution in [-0.2, 0) is 11.2 Å². The average Bonchev–Trinajstić information content (AvgIpc) is 2.51. The second kappa shape index (κ2) is 8.83. The molecule has 116 valence electrons. The molecule has 0 radical (unpaired) electrons. The van der Waals surface area contributed by atoms with Gasteiger partial charge in [-0.1, -0.05) is 43.2 Å². The number of rotatable bonds is 7. The number of benzene rings is 1. The maximum atomic E-state index is 12.0. The molecule has 1 saturated carbocycles. The van der Waals surface area contributed by atoms with Gasteiger partial charge in [-0.05, 0) is 50.8 Å². The molecule has 1 aliphatic carbocycles. The molecule has 1 aliphatic rings. The van der Waals surface area contributed by atoms with E-state index in [4.69, 9.17) is 0 Å². The Kier molecular flexibility index (Phi) is 6.74. The van der Waals surface area contributed by atoms with Crippen molar-refractivity contribution in [1.29, 1.82) is 0 Å². The molecular formula is C18H28N2O. The standard InChI is InChI=1S/C18H28N2O/c1-19-13-7-12-18(21)20-17-11-6-5-10-16(17)14-15-8-3-2-4-9-15/h2-4,8-9,16-17,19H,5-7,10-14H2,1H3,(H,20,21). The van der Waals surface area contributed by atoms with Gasteiger partial charge in [0.15, 0.2) is 0 Å². The zero-order valence-corrected chi connectivity index (χ0v) is 13.1. The fourth-order valence-corrected chi connectivity index (χ4v) is 3.26. The molecule has 2 atom stereocenters. The second-order valence-electron chi connectivity index (χ2n) is 6.12. The van der Waals surface area contributed by atoms with Crippen LogP contribution < -0.4 is 10.6 Å². The van der Waals surface area contributed by atoms with Gasteiger partial charge in [0.1, 0.15) is 0 Å². The SMILES string of the molecule is CNCCCC(=O)NC1CCCCC1Cc1ccccc1. The van der Waals surface area contributed by atoms with Crippen LogP contribution in [-0.4, -0.2) is 25.5 Å². The molecule has 0 saturated heterocycles. The van der Waals surface area contributed by atoms with Gasteiger partial charge in [0.05, 0.1) is 0 Å². The minimum Gasteiger partial charge on any atom is -0.353 e. The predicted molar refractivity (Wildman–Crippen MR) is 87.2 cm³/mol. The lowest BCUT2D eigenvalue weighted by Crippen LogP contribution is -2.43. The van der Waals surface area contributed by atoms with E-state index in [0.29, 0.717) is 18.4 Å². The van der Waals surface area contributed by atoms with Crippen molar-refractivity contribution in [3.63, 3.8) is 0 Å². The van der Waals surface area contributed by atoms with E-state index in [9.17, 15) is 4.79 Å². The van der Waals surface area contributed by atoms with Gasteiger partial charge in [-0.25, -0.2) is 0 Å². The van der Waals surface area contributed by atoms with Crippen LogP contribution >= 0.6 is 0 Å². The molecule has 0 bridgehead atoms. The molecule has 2 N–H and O–H groups in total. The summed E-state index contributed by atoms with van der Waals surface area (Å²) in [7, 11) is 1.93. The minimum absolute atomic E-state index is 0.218. The smallest absolute Gasteiger partial charge is 0.220 e. The largest absolute Gasteiger partial charge is 0.353 e. The Hall–Kier alpha value is -1.35. The van der Waals surface area contributed by atoms with Crippen molar-refractivity contribution in [2.75, 3.05) is 13.6 Å². The number of hydrogen-bond donors (Lipinski definition) is 2. The Balaban J connectivity index is 1.85. The van der Waals surface area contributed by atoms with Gasteiger partial charge in [0.2, 0.25) is 5.91 Å². The molecule has 1 fully saturated rings. The van der Waals surface area contributed by atoms with Gasteiger partial charge in [-0.15, -0.1) is 0 Å². The van der Waals surface area contributed by atoms with E-state index in [0.717, 1.165) is 25.8 Å². The number of carbonyl (C=O) groups excluding carboxylic acids is 1. The monoisotopic (exact) mass is 288 g/mol. The summed E-state index contributed by atoms with van der Waals surface area (Å²) in [5.41, 5.74) is 1.39. The van der Waals surface area contributed by atoms with E-state index >= 15 is 0 Å². The lowest BCUT2D eigenvalue weighted by Gasteiger charge is -2.32. The molecule has 2 unspecified atom stereocenters. The highest BCUT2D eigenvalue weighted by atomic mass is 16.1. The lowest BCUT2D eigenvalue weighted by molar-refractivity contribution is -0.122. The Morgan fingerprint density at radius 1 is 1.19 bits per heavy atom. The van der Waals surface area contributed by atoms with Crippen molar-refractivity contribution >= 4 is 5.91 Å². The molecule has 0 spiro atoms. The van der Waals surface area contributed by atoms with Crippen molar-refractivity contribution in [3.8, 4) is 0 Å². The molecule has 0 aliphatic heterocycles. The zero-order chi connectivity index (χ0) is 14.9. The summed E-state index contributed by atoms with van der Waals surface area (Å²) in [6.45, 7) is 0.908. The summed E-state index contributed by atoms with van der Waals surface area (Å²) < 4.78 is 0. The fourth-order valence-electron chi connectivity index (χ4n) is 3.26. The summed E-state index contributed by atoms with van der Waals surface area (Å²) in [5.74, 6) is 0.810. The highest BCUT2D eigenvalue weighted by molar-refractivity contribution is 5.76. The average molecular weight is 288 g/mol. The van der Waals surface area contributed by atoms with Gasteiger partial charge in [0, 0.05) is 12.5 Å². The number of hydrogen-bond acceptors (Lipinski definition) is 2. The Bertz CT molecular complexity index is 418. The third kappa shape index (κ3) is 5.50. The Morgan fingerprint density at radius 2 is 1.95 bits per heavy atom. The van der Waals surface area contributed by atoms with Crippen LogP contribution in [0.25, 0.3) is 0 Å². The van der Waals surface area contributed by atoms with Crippen LogP contribution in [0.15, 0.2) is 30.3 Å². The van der Waals surface area contributed by atoms with Gasteiger partial charge in [-0.3, -0.25) is 4.79 Å². The highest BCUT2D eigenvalue weighted by Crippen LogP contribution is 2.27. The second-order valence-corrected chi connectivity index (χ2v) is 6.12. The Morgan fingerprint density at radius 3 is 2.71 bits per heavy atom. The Labute approximate surface area is 128 Å². The van der Waals surface area contributed by atoms with Crippen LogP contribution in [0.5, 0.6) is 0 Å². The first kappa shape index (κ1) is 16.0. The number of amides is 1. The van der Waals surface area contributed by atoms with Gasteiger partial charge in [0.25, 0.3) is 0 Å². The van der Waals surface area contributed by atoms with Crippen LogP contribution in [0, 0.1) is 5.92 Å². The summed E-state index contributed by atoms with van der Waals surface area (Å²) in [6, 6.07) is 11.0. The van der Waals surface area contributed by atoms with E-state index < -0.39 is 0 Å². The van der Waals surface area contributed by atoms with E-state index in [1.165, 1.54) is 24.8 Å². The topological polar surface area (TPSA) is 41.1 Å². The first-order valence-corrected chi connectivity index (χ1v) is 8.27. The van der Waals surface area contributed by atoms with E-state index in [1.807, 2.05) is 7.05 Å². The molecule has 3 nitrogen and oxygen atoms in total. The molecule has 1 aromatic rings. The third-order valence-corrected chi connectivity index (χ3v) is 4.43. The molecule has 0 aromatic heterocycles. The molecular weight excluding hydrogens is 260 g/mol. The van der Waals surface area contributed by atoms with Gasteiger partial charge >= 0.3 is 0 Å². The minimum atomic E-state index is 0.218. The number of nitrogens with one attached hydrogen (secondary N) is 2. The van der Waals surface area contributed by atoms with Crippen molar-refractivity contribution in [2.45, 2.75) is 51.0 Å². The molecule has 21 heavy (non-hydrogen) atoms. The van der Waals surface area contributed by atoms with Gasteiger partial charge < -0.3 is 10.6 Å². The van der Waals surface area contributed by atoms with E-state index in [-0.39, 0.29) is 5.91 Å². The molecule has 1 aromatic carbocycles. The van der Waals surface area contributed by atoms with E-state index in [2.05, 4.69) is 41.0 Å². The van der Waals surface area contributed by atoms with Crippen molar-refractivity contribution in [1.82, 2.24) is 10.6 Å². The van der Waals surface area contributed by atoms with Crippen LogP contribution in [0.1, 0.15) is 44.1 Å². The van der Waals surface area contributed by atoms with Crippen molar-refractivity contribution in [3.05, 3.63) is 35.9 Å². The molecule has 3 heteroatoms. The van der Waals surface area contributed by atoms with Crippen molar-refractivity contribution in [2.24, 2.45) is 5.92 Å². The number of carbonyl (C=O) groups is 1. The maximum Gasteiger partial charge on any atom is 0.220 e. The van der Waals surface area contributed by atoms with E-state index in [1.54, 1.807) is 0 Å². The zero-order valence-electron chi connectivity index (χ0n) is 13.1. The highest BCUT2D eigenvalue weighted by Gasteiger charge is 2.26. The van der Waals surface area contributed by atoms with Crippen LogP contribution in [0.4, 0.5) is 0 Å². The maximum absolute atomic E-state index is 12.0. The molecule has 1 amide bonds. The van der Waals surface area contributed by atoms with Crippen LogP contribution in [0.3, 0.4) is 0 Å². The molecule has 0 heterocycles. The summed E-state index contributed by atoms with van der Waals surface area (Å²) in [5, 5.41) is 6.37. The molecule has 2 rings (SSSR count). The first-order valence-electron chi connectivity index (χ1n) is 8.27. The third-order valence-electron chi connectivity index (χ3n) is 4.43. The summed E-state index contributed by atoms with van der Waals surface area (Å²) in [4.78, 5) is 12.0. The predicted octanol–water partition coefficient (Wildman–Crippen LogP) is 2.90. The van der Waals surface area contributed by atoms with Gasteiger partial charge in [-0.2, -0.15) is 0 Å². The summed E-state index contributed by atoms with van der Waals surface area (Å²) in [6.07, 6.45) is 7.54. The lowest BCUT2D eigenvalue weighted by atomic mass is 9.80. The quantitative estimate of drug-likeness (QED) is 0.758. The summed E-state index contributed by atoms with van der Waals surface area (Å²) >= 11 is 0. The first-order chi connectivity index (χ1) is 10.3.